The largest absolute Gasteiger partial charge is 0.416 e. The van der Waals surface area contributed by atoms with Gasteiger partial charge in [-0.3, -0.25) is 4.79 Å². The van der Waals surface area contributed by atoms with Gasteiger partial charge in [0.15, 0.2) is 0 Å². The molecule has 2 unspecified atom stereocenters. The van der Waals surface area contributed by atoms with Gasteiger partial charge in [-0.1, -0.05) is 42.5 Å². The molecule has 1 aliphatic rings. The summed E-state index contributed by atoms with van der Waals surface area (Å²) in [5.41, 5.74) is 1.38. The molecule has 0 saturated heterocycles. The van der Waals surface area contributed by atoms with Gasteiger partial charge in [0, 0.05) is 13.0 Å². The Morgan fingerprint density at radius 3 is 2.36 bits per heavy atom. The van der Waals surface area contributed by atoms with E-state index >= 15 is 0 Å². The van der Waals surface area contributed by atoms with E-state index in [2.05, 4.69) is 17.4 Å². The minimum Gasteiger partial charge on any atom is -0.356 e. The average molecular weight is 347 g/mol. The number of amides is 1. The van der Waals surface area contributed by atoms with Gasteiger partial charge in [0.25, 0.3) is 0 Å². The lowest BCUT2D eigenvalue weighted by Crippen LogP contribution is -2.26. The first-order chi connectivity index (χ1) is 11.9. The van der Waals surface area contributed by atoms with Gasteiger partial charge in [-0.2, -0.15) is 13.2 Å². The Balaban J connectivity index is 1.39. The quantitative estimate of drug-likeness (QED) is 0.816. The number of aryl methyl sites for hydroxylation is 1. The smallest absolute Gasteiger partial charge is 0.356 e. The molecule has 25 heavy (non-hydrogen) atoms. The summed E-state index contributed by atoms with van der Waals surface area (Å²) < 4.78 is 37.5. The van der Waals surface area contributed by atoms with Crippen LogP contribution in [0.2, 0.25) is 0 Å². The lowest BCUT2D eigenvalue weighted by atomic mass is 10.1. The Morgan fingerprint density at radius 1 is 1.04 bits per heavy atom. The van der Waals surface area contributed by atoms with Crippen LogP contribution < -0.4 is 5.32 Å². The average Bonchev–Trinajstić information content (AvgIpc) is 3.38. The summed E-state index contributed by atoms with van der Waals surface area (Å²) in [4.78, 5) is 11.9. The van der Waals surface area contributed by atoms with Crippen LogP contribution in [0.4, 0.5) is 13.2 Å². The Labute approximate surface area is 145 Å². The van der Waals surface area contributed by atoms with Crippen LogP contribution >= 0.6 is 0 Å². The number of alkyl halides is 3. The van der Waals surface area contributed by atoms with Gasteiger partial charge in [-0.15, -0.1) is 0 Å². The summed E-state index contributed by atoms with van der Waals surface area (Å²) in [7, 11) is 0. The number of carbonyl (C=O) groups is 1. The molecule has 1 fully saturated rings. The molecular weight excluding hydrogens is 327 g/mol. The van der Waals surface area contributed by atoms with Crippen LogP contribution in [-0.2, 0) is 17.4 Å². The minimum atomic E-state index is -4.32. The standard InChI is InChI=1S/C20H20F3NO/c21-20(22,23)17-9-6-14(7-10-17)8-11-19(25)24-13-16-12-18(16)15-4-2-1-3-5-15/h1-7,9-10,16,18H,8,11-13H2,(H,24,25). The van der Waals surface area contributed by atoms with Crippen molar-refractivity contribution in [2.24, 2.45) is 5.92 Å². The van der Waals surface area contributed by atoms with E-state index in [1.165, 1.54) is 17.7 Å². The van der Waals surface area contributed by atoms with E-state index in [-0.39, 0.29) is 12.3 Å². The number of carbonyl (C=O) groups excluding carboxylic acids is 1. The van der Waals surface area contributed by atoms with Gasteiger partial charge in [0.05, 0.1) is 5.56 Å². The zero-order chi connectivity index (χ0) is 17.9. The zero-order valence-electron chi connectivity index (χ0n) is 13.7. The molecule has 5 heteroatoms. The maximum Gasteiger partial charge on any atom is 0.416 e. The van der Waals surface area contributed by atoms with Gasteiger partial charge >= 0.3 is 6.18 Å². The lowest BCUT2D eigenvalue weighted by Gasteiger charge is -2.08. The van der Waals surface area contributed by atoms with Crippen molar-refractivity contribution in [3.8, 4) is 0 Å². The normalized spacial score (nSPS) is 19.5. The van der Waals surface area contributed by atoms with Crippen LogP contribution in [0.25, 0.3) is 0 Å². The monoisotopic (exact) mass is 347 g/mol. The number of rotatable bonds is 6. The van der Waals surface area contributed by atoms with Gasteiger partial charge in [-0.25, -0.2) is 0 Å². The van der Waals surface area contributed by atoms with E-state index in [4.69, 9.17) is 0 Å². The van der Waals surface area contributed by atoms with E-state index in [0.717, 1.165) is 24.1 Å². The number of benzene rings is 2. The van der Waals surface area contributed by atoms with Gasteiger partial charge in [0.2, 0.25) is 5.91 Å². The second-order valence-corrected chi connectivity index (χ2v) is 6.51. The number of hydrogen-bond acceptors (Lipinski definition) is 1. The fourth-order valence-electron chi connectivity index (χ4n) is 3.03. The first kappa shape index (κ1) is 17.5. The molecule has 0 radical (unpaired) electrons. The highest BCUT2D eigenvalue weighted by Gasteiger charge is 2.37. The molecule has 1 aliphatic carbocycles. The molecule has 0 spiro atoms. The first-order valence-electron chi connectivity index (χ1n) is 8.41. The number of nitrogens with one attached hydrogen (secondary N) is 1. The maximum absolute atomic E-state index is 12.5. The highest BCUT2D eigenvalue weighted by Crippen LogP contribution is 2.46. The third-order valence-electron chi connectivity index (χ3n) is 4.63. The summed E-state index contributed by atoms with van der Waals surface area (Å²) in [6.45, 7) is 0.658. The van der Waals surface area contributed by atoms with E-state index in [1.807, 2.05) is 18.2 Å². The van der Waals surface area contributed by atoms with E-state index in [1.54, 1.807) is 0 Å². The number of hydrogen-bond donors (Lipinski definition) is 1. The lowest BCUT2D eigenvalue weighted by molar-refractivity contribution is -0.137. The Kier molecular flexibility index (Phi) is 5.11. The fraction of sp³-hybridized carbons (Fsp3) is 0.350. The number of halogens is 3. The fourth-order valence-corrected chi connectivity index (χ4v) is 3.03. The zero-order valence-corrected chi connectivity index (χ0v) is 13.7. The van der Waals surface area contributed by atoms with Crippen LogP contribution in [0.1, 0.15) is 35.4 Å². The summed E-state index contributed by atoms with van der Waals surface area (Å²) in [5.74, 6) is 0.951. The Bertz CT molecular complexity index is 710. The third kappa shape index (κ3) is 4.84. The molecule has 0 aromatic heterocycles. The molecule has 2 atom stereocenters. The summed E-state index contributed by atoms with van der Waals surface area (Å²) in [6, 6.07) is 15.2. The summed E-state index contributed by atoms with van der Waals surface area (Å²) >= 11 is 0. The second-order valence-electron chi connectivity index (χ2n) is 6.51. The second kappa shape index (κ2) is 7.30. The van der Waals surface area contributed by atoms with E-state index in [9.17, 15) is 18.0 Å². The molecule has 132 valence electrons. The summed E-state index contributed by atoms with van der Waals surface area (Å²) in [5, 5.41) is 2.93. The van der Waals surface area contributed by atoms with Crippen molar-refractivity contribution in [2.75, 3.05) is 6.54 Å². The Hall–Kier alpha value is -2.30. The molecule has 1 amide bonds. The van der Waals surface area contributed by atoms with E-state index in [0.29, 0.717) is 24.8 Å². The van der Waals surface area contributed by atoms with Crippen molar-refractivity contribution in [2.45, 2.75) is 31.4 Å². The molecule has 0 heterocycles. The molecular formula is C20H20F3NO. The van der Waals surface area contributed by atoms with Crippen molar-refractivity contribution in [3.63, 3.8) is 0 Å². The summed E-state index contributed by atoms with van der Waals surface area (Å²) in [6.07, 6.45) is -2.51. The SMILES string of the molecule is O=C(CCc1ccc(C(F)(F)F)cc1)NCC1CC1c1ccccc1. The van der Waals surface area contributed by atoms with Crippen LogP contribution in [0.3, 0.4) is 0 Å². The Morgan fingerprint density at radius 2 is 1.72 bits per heavy atom. The molecule has 1 saturated carbocycles. The first-order valence-corrected chi connectivity index (χ1v) is 8.41. The topological polar surface area (TPSA) is 29.1 Å². The molecule has 2 aromatic rings. The van der Waals surface area contributed by atoms with Gasteiger partial charge < -0.3 is 5.32 Å². The van der Waals surface area contributed by atoms with Crippen LogP contribution in [0.15, 0.2) is 54.6 Å². The van der Waals surface area contributed by atoms with E-state index < -0.39 is 11.7 Å². The molecule has 0 aliphatic heterocycles. The van der Waals surface area contributed by atoms with Gasteiger partial charge in [0.1, 0.15) is 0 Å². The van der Waals surface area contributed by atoms with Crippen molar-refractivity contribution >= 4 is 5.91 Å². The molecule has 0 bridgehead atoms. The van der Waals surface area contributed by atoms with Crippen molar-refractivity contribution in [1.29, 1.82) is 0 Å². The highest BCUT2D eigenvalue weighted by molar-refractivity contribution is 5.76. The predicted molar refractivity (Wildman–Crippen MR) is 90.1 cm³/mol. The third-order valence-corrected chi connectivity index (χ3v) is 4.63. The minimum absolute atomic E-state index is 0.0568. The van der Waals surface area contributed by atoms with Crippen molar-refractivity contribution in [1.82, 2.24) is 5.32 Å². The van der Waals surface area contributed by atoms with Crippen molar-refractivity contribution in [3.05, 3.63) is 71.3 Å². The van der Waals surface area contributed by atoms with Crippen LogP contribution in [-0.4, -0.2) is 12.5 Å². The maximum atomic E-state index is 12.5. The van der Waals surface area contributed by atoms with Crippen molar-refractivity contribution < 1.29 is 18.0 Å². The molecule has 2 aromatic carbocycles. The predicted octanol–water partition coefficient (Wildman–Crippen LogP) is 4.56. The van der Waals surface area contributed by atoms with Crippen LogP contribution in [0.5, 0.6) is 0 Å². The molecule has 2 nitrogen and oxygen atoms in total. The molecule has 3 rings (SSSR count). The highest BCUT2D eigenvalue weighted by atomic mass is 19.4. The van der Waals surface area contributed by atoms with Gasteiger partial charge in [-0.05, 0) is 47.9 Å². The molecule has 1 N–H and O–H groups in total. The van der Waals surface area contributed by atoms with Crippen LogP contribution in [0, 0.1) is 5.92 Å².